The first-order valence-electron chi connectivity index (χ1n) is 10.9. The summed E-state index contributed by atoms with van der Waals surface area (Å²) in [7, 11) is 0. The van der Waals surface area contributed by atoms with Crippen molar-refractivity contribution in [2.75, 3.05) is 0 Å². The highest BCUT2D eigenvalue weighted by Gasteiger charge is 2.17. The number of benzene rings is 3. The van der Waals surface area contributed by atoms with E-state index in [2.05, 4.69) is 41.6 Å². The number of para-hydroxylation sites is 1. The van der Waals surface area contributed by atoms with Gasteiger partial charge in [0.25, 0.3) is 5.56 Å². The van der Waals surface area contributed by atoms with Gasteiger partial charge in [-0.1, -0.05) is 78.4 Å². The fourth-order valence-corrected chi connectivity index (χ4v) is 4.13. The maximum Gasteiger partial charge on any atom is 0.291 e. The van der Waals surface area contributed by atoms with E-state index in [9.17, 15) is 9.59 Å². The van der Waals surface area contributed by atoms with Crippen LogP contribution in [0.1, 0.15) is 16.7 Å². The lowest BCUT2D eigenvalue weighted by Crippen LogP contribution is -2.33. The van der Waals surface area contributed by atoms with Crippen molar-refractivity contribution in [2.24, 2.45) is 0 Å². The molecule has 164 valence electrons. The van der Waals surface area contributed by atoms with Gasteiger partial charge >= 0.3 is 0 Å². The van der Waals surface area contributed by atoms with Gasteiger partial charge in [-0.25, -0.2) is 4.68 Å². The van der Waals surface area contributed by atoms with E-state index < -0.39 is 0 Å². The molecule has 0 atom stereocenters. The van der Waals surface area contributed by atoms with Crippen molar-refractivity contribution >= 4 is 27.7 Å². The Balaban J connectivity index is 1.51. The summed E-state index contributed by atoms with van der Waals surface area (Å²) in [4.78, 5) is 26.0. The van der Waals surface area contributed by atoms with Gasteiger partial charge < -0.3 is 9.88 Å². The second-order valence-electron chi connectivity index (χ2n) is 8.22. The van der Waals surface area contributed by atoms with E-state index in [1.54, 1.807) is 6.20 Å². The van der Waals surface area contributed by atoms with Crippen molar-refractivity contribution < 1.29 is 4.79 Å². The Morgan fingerprint density at radius 1 is 0.879 bits per heavy atom. The minimum Gasteiger partial charge on any atom is -0.350 e. The van der Waals surface area contributed by atoms with Crippen molar-refractivity contribution in [2.45, 2.75) is 26.6 Å². The minimum atomic E-state index is -0.273. The van der Waals surface area contributed by atoms with Gasteiger partial charge in [0.2, 0.25) is 5.91 Å². The molecule has 5 aromatic rings. The van der Waals surface area contributed by atoms with Gasteiger partial charge in [0, 0.05) is 29.4 Å². The van der Waals surface area contributed by atoms with Gasteiger partial charge in [0.15, 0.2) is 0 Å². The van der Waals surface area contributed by atoms with Gasteiger partial charge in [-0.3, -0.25) is 9.59 Å². The van der Waals surface area contributed by atoms with Gasteiger partial charge in [-0.15, -0.1) is 0 Å². The third-order valence-electron chi connectivity index (χ3n) is 5.86. The summed E-state index contributed by atoms with van der Waals surface area (Å²) in [6, 6.07) is 25.9. The predicted molar refractivity (Wildman–Crippen MR) is 130 cm³/mol. The number of fused-ring (bicyclic) bond motifs is 3. The van der Waals surface area contributed by atoms with E-state index in [4.69, 9.17) is 0 Å². The maximum atomic E-state index is 13.5. The quantitative estimate of drug-likeness (QED) is 0.437. The molecule has 0 unspecified atom stereocenters. The Hall–Kier alpha value is -4.19. The van der Waals surface area contributed by atoms with Gasteiger partial charge in [0.1, 0.15) is 12.1 Å². The third-order valence-corrected chi connectivity index (χ3v) is 5.86. The molecule has 0 bridgehead atoms. The second kappa shape index (κ2) is 8.74. The van der Waals surface area contributed by atoms with Crippen LogP contribution in [0, 0.1) is 6.92 Å². The summed E-state index contributed by atoms with van der Waals surface area (Å²) in [6.07, 6.45) is 1.69. The van der Waals surface area contributed by atoms with E-state index in [0.29, 0.717) is 18.6 Å². The highest BCUT2D eigenvalue weighted by Crippen LogP contribution is 2.27. The zero-order valence-corrected chi connectivity index (χ0v) is 18.4. The predicted octanol–water partition coefficient (Wildman–Crippen LogP) is 4.02. The van der Waals surface area contributed by atoms with Crippen LogP contribution in [0.5, 0.6) is 0 Å². The second-order valence-corrected chi connectivity index (χ2v) is 8.22. The van der Waals surface area contributed by atoms with Crippen LogP contribution in [0.4, 0.5) is 0 Å². The van der Waals surface area contributed by atoms with Crippen molar-refractivity contribution in [3.05, 3.63) is 112 Å². The number of carbonyl (C=O) groups excluding carboxylic acids is 1. The van der Waals surface area contributed by atoms with Crippen LogP contribution in [0.15, 0.2) is 89.9 Å². The van der Waals surface area contributed by atoms with E-state index in [-0.39, 0.29) is 18.0 Å². The fourth-order valence-electron chi connectivity index (χ4n) is 4.13. The first kappa shape index (κ1) is 20.7. The Morgan fingerprint density at radius 2 is 1.61 bits per heavy atom. The Morgan fingerprint density at radius 3 is 2.39 bits per heavy atom. The largest absolute Gasteiger partial charge is 0.350 e. The third kappa shape index (κ3) is 4.15. The normalized spacial score (nSPS) is 11.2. The van der Waals surface area contributed by atoms with E-state index >= 15 is 0 Å². The fraction of sp³-hybridized carbons (Fsp3) is 0.148. The molecule has 6 heteroatoms. The van der Waals surface area contributed by atoms with Crippen molar-refractivity contribution in [3.63, 3.8) is 0 Å². The number of rotatable bonds is 6. The van der Waals surface area contributed by atoms with Crippen LogP contribution in [0.2, 0.25) is 0 Å². The summed E-state index contributed by atoms with van der Waals surface area (Å²) < 4.78 is 3.27. The van der Waals surface area contributed by atoms with Gasteiger partial charge in [-0.2, -0.15) is 5.10 Å². The van der Waals surface area contributed by atoms with Gasteiger partial charge in [-0.05, 0) is 24.1 Å². The molecule has 1 N–H and O–H groups in total. The standard InChI is InChI=1S/C27H24N4O2/c1-19-11-13-21(14-12-19)17-30-24-10-6-5-9-22(24)23-16-29-31(27(33)26(23)30)18-25(32)28-15-20-7-3-2-4-8-20/h2-14,16H,15,17-18H2,1H3,(H,28,32). The summed E-state index contributed by atoms with van der Waals surface area (Å²) in [5.74, 6) is -0.256. The zero-order chi connectivity index (χ0) is 22.8. The molecule has 5 rings (SSSR count). The molecule has 33 heavy (non-hydrogen) atoms. The highest BCUT2D eigenvalue weighted by molar-refractivity contribution is 6.07. The number of carbonyl (C=O) groups is 1. The number of hydrogen-bond donors (Lipinski definition) is 1. The molecule has 0 aliphatic rings. The number of aromatic nitrogens is 3. The monoisotopic (exact) mass is 436 g/mol. The number of amides is 1. The average molecular weight is 437 g/mol. The number of nitrogens with zero attached hydrogens (tertiary/aromatic N) is 3. The lowest BCUT2D eigenvalue weighted by Gasteiger charge is -2.10. The molecular formula is C27H24N4O2. The molecule has 0 aliphatic carbocycles. The van der Waals surface area contributed by atoms with Crippen molar-refractivity contribution in [3.8, 4) is 0 Å². The van der Waals surface area contributed by atoms with Gasteiger partial charge in [0.05, 0.1) is 6.20 Å². The molecule has 0 saturated carbocycles. The number of aryl methyl sites for hydroxylation is 1. The number of hydrogen-bond acceptors (Lipinski definition) is 3. The van der Waals surface area contributed by atoms with Crippen LogP contribution >= 0.6 is 0 Å². The molecule has 2 heterocycles. The molecule has 0 radical (unpaired) electrons. The highest BCUT2D eigenvalue weighted by atomic mass is 16.2. The van der Waals surface area contributed by atoms with Crippen LogP contribution in [-0.2, 0) is 24.4 Å². The first-order valence-corrected chi connectivity index (χ1v) is 10.9. The lowest BCUT2D eigenvalue weighted by atomic mass is 10.1. The zero-order valence-electron chi connectivity index (χ0n) is 18.4. The molecule has 6 nitrogen and oxygen atoms in total. The molecule has 1 amide bonds. The first-order chi connectivity index (χ1) is 16.1. The maximum absolute atomic E-state index is 13.5. The molecule has 2 aromatic heterocycles. The van der Waals surface area contributed by atoms with Crippen LogP contribution in [-0.4, -0.2) is 20.3 Å². The summed E-state index contributed by atoms with van der Waals surface area (Å²) in [5.41, 5.74) is 4.55. The smallest absolute Gasteiger partial charge is 0.291 e. The van der Waals surface area contributed by atoms with Crippen LogP contribution in [0.3, 0.4) is 0 Å². The molecule has 0 saturated heterocycles. The molecule has 0 aliphatic heterocycles. The molecule has 3 aromatic carbocycles. The Kier molecular flexibility index (Phi) is 5.48. The summed E-state index contributed by atoms with van der Waals surface area (Å²) in [5, 5.41) is 8.95. The molecular weight excluding hydrogens is 412 g/mol. The lowest BCUT2D eigenvalue weighted by molar-refractivity contribution is -0.122. The topological polar surface area (TPSA) is 68.9 Å². The average Bonchev–Trinajstić information content (AvgIpc) is 3.16. The number of nitrogens with one attached hydrogen (secondary N) is 1. The van der Waals surface area contributed by atoms with Crippen LogP contribution in [0.25, 0.3) is 21.8 Å². The van der Waals surface area contributed by atoms with E-state index in [0.717, 1.165) is 27.4 Å². The summed E-state index contributed by atoms with van der Waals surface area (Å²) >= 11 is 0. The van der Waals surface area contributed by atoms with E-state index in [1.807, 2.05) is 59.2 Å². The Bertz CT molecular complexity index is 1500. The van der Waals surface area contributed by atoms with Crippen LogP contribution < -0.4 is 10.9 Å². The molecule has 0 fully saturated rings. The molecule has 0 spiro atoms. The van der Waals surface area contributed by atoms with Crippen molar-refractivity contribution in [1.82, 2.24) is 19.7 Å². The SMILES string of the molecule is Cc1ccc(Cn2c3ccccc3c3cnn(CC(=O)NCc4ccccc4)c(=O)c32)cc1. The minimum absolute atomic E-state index is 0.131. The van der Waals surface area contributed by atoms with Crippen molar-refractivity contribution in [1.29, 1.82) is 0 Å². The van der Waals surface area contributed by atoms with E-state index in [1.165, 1.54) is 10.2 Å². The Labute approximate surface area is 191 Å². The summed E-state index contributed by atoms with van der Waals surface area (Å²) in [6.45, 7) is 2.89.